The highest BCUT2D eigenvalue weighted by Crippen LogP contribution is 2.28. The molecule has 0 aliphatic rings. The summed E-state index contributed by atoms with van der Waals surface area (Å²) in [5.41, 5.74) is 1.32. The minimum atomic E-state index is 0.942. The summed E-state index contributed by atoms with van der Waals surface area (Å²) in [5, 5.41) is 3.44. The fourth-order valence-electron chi connectivity index (χ4n) is 1.53. The van der Waals surface area contributed by atoms with Crippen LogP contribution in [0, 0.1) is 0 Å². The van der Waals surface area contributed by atoms with Gasteiger partial charge in [-0.3, -0.25) is 0 Å². The molecule has 2 nitrogen and oxygen atoms in total. The Hall–Kier alpha value is -0.670. The maximum absolute atomic E-state index is 5.29. The highest BCUT2D eigenvalue weighted by Gasteiger charge is 2.02. The molecule has 0 saturated carbocycles. The summed E-state index contributed by atoms with van der Waals surface area (Å²) in [6.07, 6.45) is 4.56. The van der Waals surface area contributed by atoms with Gasteiger partial charge in [0.05, 0.1) is 7.11 Å². The van der Waals surface area contributed by atoms with Gasteiger partial charge < -0.3 is 10.1 Å². The van der Waals surface area contributed by atoms with Gasteiger partial charge in [0.25, 0.3) is 0 Å². The average Bonchev–Trinajstić information content (AvgIpc) is 2.34. The molecule has 3 heteroatoms. The molecule has 1 aromatic carbocycles. The van der Waals surface area contributed by atoms with Crippen LogP contribution in [0.3, 0.4) is 0 Å². The van der Waals surface area contributed by atoms with E-state index in [9.17, 15) is 0 Å². The number of methoxy groups -OCH3 is 1. The van der Waals surface area contributed by atoms with Crippen LogP contribution < -0.4 is 10.1 Å². The predicted octanol–water partition coefficient (Wildman–Crippen LogP) is 3.31. The van der Waals surface area contributed by atoms with Gasteiger partial charge in [0.1, 0.15) is 5.75 Å². The first-order valence-electron chi connectivity index (χ1n) is 5.73. The summed E-state index contributed by atoms with van der Waals surface area (Å²) in [6, 6.07) is 6.36. The van der Waals surface area contributed by atoms with E-state index < -0.39 is 0 Å². The maximum Gasteiger partial charge on any atom is 0.132 e. The number of hydrogen-bond donors (Lipinski definition) is 1. The van der Waals surface area contributed by atoms with Gasteiger partial charge in [-0.05, 0) is 36.9 Å². The summed E-state index contributed by atoms with van der Waals surface area (Å²) in [7, 11) is 1.72. The first kappa shape index (κ1) is 13.4. The van der Waals surface area contributed by atoms with E-state index in [1.165, 1.54) is 23.3 Å². The molecular weight excluding hydrogens is 218 g/mol. The molecule has 90 valence electrons. The molecule has 0 aromatic heterocycles. The zero-order valence-corrected chi connectivity index (χ0v) is 11.2. The molecular formula is C13H21NOS. The van der Waals surface area contributed by atoms with E-state index in [4.69, 9.17) is 4.74 Å². The van der Waals surface area contributed by atoms with Crippen LogP contribution in [0.25, 0.3) is 0 Å². The number of hydrogen-bond acceptors (Lipinski definition) is 3. The minimum absolute atomic E-state index is 0.942. The monoisotopic (exact) mass is 239 g/mol. The van der Waals surface area contributed by atoms with Gasteiger partial charge in [-0.2, -0.15) is 0 Å². The fourth-order valence-corrected chi connectivity index (χ4v) is 2.15. The van der Waals surface area contributed by atoms with E-state index in [0.717, 1.165) is 18.8 Å². The van der Waals surface area contributed by atoms with Crippen molar-refractivity contribution in [2.45, 2.75) is 31.2 Å². The quantitative estimate of drug-likeness (QED) is 0.582. The number of thioether (sulfide) groups is 1. The highest BCUT2D eigenvalue weighted by atomic mass is 32.2. The predicted molar refractivity (Wildman–Crippen MR) is 71.4 cm³/mol. The van der Waals surface area contributed by atoms with Crippen LogP contribution in [0.4, 0.5) is 0 Å². The molecule has 0 heterocycles. The first-order valence-corrected chi connectivity index (χ1v) is 6.96. The summed E-state index contributed by atoms with van der Waals surface area (Å²) in [4.78, 5) is 1.21. The molecule has 0 fully saturated rings. The van der Waals surface area contributed by atoms with Crippen molar-refractivity contribution in [3.8, 4) is 5.75 Å². The highest BCUT2D eigenvalue weighted by molar-refractivity contribution is 7.98. The smallest absolute Gasteiger partial charge is 0.132 e. The second-order valence-electron chi connectivity index (χ2n) is 3.72. The van der Waals surface area contributed by atoms with E-state index in [-0.39, 0.29) is 0 Å². The third kappa shape index (κ3) is 4.06. The molecule has 0 aliphatic heterocycles. The maximum atomic E-state index is 5.29. The van der Waals surface area contributed by atoms with Crippen molar-refractivity contribution < 1.29 is 4.74 Å². The number of ether oxygens (including phenoxy) is 1. The van der Waals surface area contributed by atoms with Crippen molar-refractivity contribution in [2.24, 2.45) is 0 Å². The molecule has 0 bridgehead atoms. The lowest BCUT2D eigenvalue weighted by atomic mass is 10.2. The van der Waals surface area contributed by atoms with Crippen molar-refractivity contribution >= 4 is 11.8 Å². The summed E-state index contributed by atoms with van der Waals surface area (Å²) >= 11 is 1.73. The Morgan fingerprint density at radius 2 is 2.19 bits per heavy atom. The Kier molecular flexibility index (Phi) is 6.34. The van der Waals surface area contributed by atoms with E-state index in [0.29, 0.717) is 0 Å². The van der Waals surface area contributed by atoms with Crippen molar-refractivity contribution in [1.82, 2.24) is 5.32 Å². The topological polar surface area (TPSA) is 21.3 Å². The third-order valence-electron chi connectivity index (χ3n) is 2.48. The van der Waals surface area contributed by atoms with Crippen LogP contribution in [0.5, 0.6) is 5.75 Å². The molecule has 0 amide bonds. The molecule has 0 atom stereocenters. The Morgan fingerprint density at radius 1 is 1.38 bits per heavy atom. The molecule has 1 N–H and O–H groups in total. The van der Waals surface area contributed by atoms with Gasteiger partial charge in [-0.15, -0.1) is 11.8 Å². The number of nitrogens with one attached hydrogen (secondary N) is 1. The van der Waals surface area contributed by atoms with E-state index in [1.54, 1.807) is 18.9 Å². The van der Waals surface area contributed by atoms with Gasteiger partial charge in [0.2, 0.25) is 0 Å². The zero-order chi connectivity index (χ0) is 11.8. The lowest BCUT2D eigenvalue weighted by Gasteiger charge is -2.09. The van der Waals surface area contributed by atoms with Crippen molar-refractivity contribution in [3.63, 3.8) is 0 Å². The molecule has 0 radical (unpaired) electrons. The molecule has 0 unspecified atom stereocenters. The van der Waals surface area contributed by atoms with Crippen LogP contribution in [-0.4, -0.2) is 19.9 Å². The Morgan fingerprint density at radius 3 is 2.81 bits per heavy atom. The lowest BCUT2D eigenvalue weighted by molar-refractivity contribution is 0.404. The minimum Gasteiger partial charge on any atom is -0.496 e. The van der Waals surface area contributed by atoms with E-state index in [1.807, 2.05) is 6.07 Å². The van der Waals surface area contributed by atoms with Crippen molar-refractivity contribution in [1.29, 1.82) is 0 Å². The van der Waals surface area contributed by atoms with Crippen LogP contribution in [-0.2, 0) is 6.54 Å². The van der Waals surface area contributed by atoms with E-state index >= 15 is 0 Å². The Bertz CT molecular complexity index is 315. The van der Waals surface area contributed by atoms with Crippen molar-refractivity contribution in [2.75, 3.05) is 19.9 Å². The van der Waals surface area contributed by atoms with Crippen LogP contribution in [0.1, 0.15) is 25.3 Å². The second kappa shape index (κ2) is 7.58. The zero-order valence-electron chi connectivity index (χ0n) is 10.4. The third-order valence-corrected chi connectivity index (χ3v) is 3.24. The SMILES string of the molecule is CCCCNCc1ccc(OC)c(SC)c1. The number of rotatable bonds is 7. The van der Waals surface area contributed by atoms with Crippen LogP contribution in [0.2, 0.25) is 0 Å². The standard InChI is InChI=1S/C13H21NOS/c1-4-5-8-14-10-11-6-7-12(15-2)13(9-11)16-3/h6-7,9,14H,4-5,8,10H2,1-3H3. The van der Waals surface area contributed by atoms with E-state index in [2.05, 4.69) is 30.6 Å². The van der Waals surface area contributed by atoms with Crippen LogP contribution >= 0.6 is 11.8 Å². The first-order chi connectivity index (χ1) is 7.81. The molecule has 1 rings (SSSR count). The summed E-state index contributed by atoms with van der Waals surface area (Å²) in [5.74, 6) is 0.963. The van der Waals surface area contributed by atoms with Gasteiger partial charge in [0.15, 0.2) is 0 Å². The second-order valence-corrected chi connectivity index (χ2v) is 4.57. The molecule has 0 spiro atoms. The van der Waals surface area contributed by atoms with Gasteiger partial charge in [-0.1, -0.05) is 19.4 Å². The molecule has 0 saturated heterocycles. The largest absolute Gasteiger partial charge is 0.496 e. The Balaban J connectivity index is 2.54. The molecule has 0 aliphatic carbocycles. The molecule has 16 heavy (non-hydrogen) atoms. The van der Waals surface area contributed by atoms with Gasteiger partial charge >= 0.3 is 0 Å². The fraction of sp³-hybridized carbons (Fsp3) is 0.538. The van der Waals surface area contributed by atoms with Crippen molar-refractivity contribution in [3.05, 3.63) is 23.8 Å². The number of unbranched alkanes of at least 4 members (excludes halogenated alkanes) is 1. The summed E-state index contributed by atoms with van der Waals surface area (Å²) in [6.45, 7) is 4.25. The normalized spacial score (nSPS) is 10.4. The van der Waals surface area contributed by atoms with Gasteiger partial charge in [-0.25, -0.2) is 0 Å². The van der Waals surface area contributed by atoms with Crippen LogP contribution in [0.15, 0.2) is 23.1 Å². The Labute approximate surface area is 103 Å². The lowest BCUT2D eigenvalue weighted by Crippen LogP contribution is -2.14. The average molecular weight is 239 g/mol. The molecule has 1 aromatic rings. The van der Waals surface area contributed by atoms with Gasteiger partial charge in [0, 0.05) is 11.4 Å². The summed E-state index contributed by atoms with van der Waals surface area (Å²) < 4.78 is 5.29. The number of benzene rings is 1.